The van der Waals surface area contributed by atoms with Gasteiger partial charge < -0.3 is 4.57 Å². The van der Waals surface area contributed by atoms with Crippen LogP contribution in [0.3, 0.4) is 0 Å². The Morgan fingerprint density at radius 2 is 1.92 bits per heavy atom. The Balaban J connectivity index is 1.34. The molecular weight excluding hydrogens is 313 g/mol. The van der Waals surface area contributed by atoms with Crippen LogP contribution < -0.4 is 0 Å². The van der Waals surface area contributed by atoms with Gasteiger partial charge in [0.05, 0.1) is 17.6 Å². The maximum atomic E-state index is 13.0. The first kappa shape index (κ1) is 16.3. The topological polar surface area (TPSA) is 21.1 Å². The smallest absolute Gasteiger partial charge is 0.123 e. The predicted octanol–water partition coefficient (Wildman–Crippen LogP) is 4.17. The van der Waals surface area contributed by atoms with E-state index in [9.17, 15) is 4.39 Å². The monoisotopic (exact) mass is 337 g/mol. The lowest BCUT2D eigenvalue weighted by molar-refractivity contribution is 0.303. The number of halogens is 1. The molecule has 1 aliphatic heterocycles. The lowest BCUT2D eigenvalue weighted by Gasteiger charge is -2.16. The van der Waals surface area contributed by atoms with Crippen molar-refractivity contribution >= 4 is 11.0 Å². The molecule has 130 valence electrons. The standard InChI is InChI=1S/C21H24FN3/c1-24-20-5-3-2-4-19(20)23-21(24)15-25-13-12-17(14-25)7-6-16-8-10-18(22)11-9-16/h2-5,8-11,17H,6-7,12-15H2,1H3. The molecule has 1 saturated heterocycles. The summed E-state index contributed by atoms with van der Waals surface area (Å²) in [6.45, 7) is 3.18. The highest BCUT2D eigenvalue weighted by Crippen LogP contribution is 2.24. The average Bonchev–Trinajstić information content (AvgIpc) is 3.20. The number of rotatable bonds is 5. The van der Waals surface area contributed by atoms with Gasteiger partial charge in [0.25, 0.3) is 0 Å². The van der Waals surface area contributed by atoms with Crippen LogP contribution in [0.5, 0.6) is 0 Å². The molecule has 1 unspecified atom stereocenters. The fourth-order valence-electron chi connectivity index (χ4n) is 3.85. The Labute approximate surface area is 148 Å². The molecule has 1 atom stereocenters. The van der Waals surface area contributed by atoms with Gasteiger partial charge in [-0.2, -0.15) is 0 Å². The van der Waals surface area contributed by atoms with Crippen LogP contribution in [-0.4, -0.2) is 27.5 Å². The lowest BCUT2D eigenvalue weighted by atomic mass is 9.99. The molecule has 1 aromatic heterocycles. The first-order valence-corrected chi connectivity index (χ1v) is 9.06. The highest BCUT2D eigenvalue weighted by molar-refractivity contribution is 5.75. The highest BCUT2D eigenvalue weighted by Gasteiger charge is 2.23. The molecule has 4 rings (SSSR count). The van der Waals surface area contributed by atoms with Gasteiger partial charge >= 0.3 is 0 Å². The van der Waals surface area contributed by atoms with Gasteiger partial charge in [0.15, 0.2) is 0 Å². The summed E-state index contributed by atoms with van der Waals surface area (Å²) in [4.78, 5) is 7.30. The van der Waals surface area contributed by atoms with Gasteiger partial charge in [-0.05, 0) is 61.6 Å². The summed E-state index contributed by atoms with van der Waals surface area (Å²) in [6, 6.07) is 15.2. The number of fused-ring (bicyclic) bond motifs is 1. The van der Waals surface area contributed by atoms with Crippen LogP contribution in [0.4, 0.5) is 4.39 Å². The minimum Gasteiger partial charge on any atom is -0.330 e. The molecule has 0 aliphatic carbocycles. The van der Waals surface area contributed by atoms with Gasteiger partial charge in [-0.15, -0.1) is 0 Å². The van der Waals surface area contributed by atoms with Crippen molar-refractivity contribution in [1.29, 1.82) is 0 Å². The van der Waals surface area contributed by atoms with Crippen molar-refractivity contribution in [3.63, 3.8) is 0 Å². The second-order valence-electron chi connectivity index (χ2n) is 7.13. The zero-order valence-corrected chi connectivity index (χ0v) is 14.7. The highest BCUT2D eigenvalue weighted by atomic mass is 19.1. The molecule has 0 saturated carbocycles. The third kappa shape index (κ3) is 3.59. The Kier molecular flexibility index (Phi) is 4.53. The number of hydrogen-bond donors (Lipinski definition) is 0. The molecule has 0 spiro atoms. The average molecular weight is 337 g/mol. The van der Waals surface area contributed by atoms with E-state index < -0.39 is 0 Å². The molecule has 1 fully saturated rings. The molecule has 2 aromatic carbocycles. The quantitative estimate of drug-likeness (QED) is 0.697. The summed E-state index contributed by atoms with van der Waals surface area (Å²) in [6.07, 6.45) is 3.45. The van der Waals surface area contributed by atoms with Gasteiger partial charge in [-0.1, -0.05) is 24.3 Å². The Morgan fingerprint density at radius 3 is 2.72 bits per heavy atom. The molecule has 3 nitrogen and oxygen atoms in total. The SMILES string of the molecule is Cn1c(CN2CCC(CCc3ccc(F)cc3)C2)nc2ccccc21. The largest absolute Gasteiger partial charge is 0.330 e. The molecule has 1 aliphatic rings. The summed E-state index contributed by atoms with van der Waals surface area (Å²) in [5.41, 5.74) is 3.51. The third-order valence-corrected chi connectivity index (χ3v) is 5.37. The second kappa shape index (κ2) is 6.96. The van der Waals surface area contributed by atoms with Crippen LogP contribution >= 0.6 is 0 Å². The van der Waals surface area contributed by atoms with Crippen molar-refractivity contribution in [2.75, 3.05) is 13.1 Å². The predicted molar refractivity (Wildman–Crippen MR) is 98.8 cm³/mol. The minimum atomic E-state index is -0.154. The van der Waals surface area contributed by atoms with E-state index in [1.807, 2.05) is 18.2 Å². The summed E-state index contributed by atoms with van der Waals surface area (Å²) in [7, 11) is 2.10. The van der Waals surface area contributed by atoms with Crippen molar-refractivity contribution in [3.05, 3.63) is 65.7 Å². The molecular formula is C21H24FN3. The molecule has 0 radical (unpaired) electrons. The van der Waals surface area contributed by atoms with Crippen LogP contribution in [0.2, 0.25) is 0 Å². The third-order valence-electron chi connectivity index (χ3n) is 5.37. The van der Waals surface area contributed by atoms with Crippen LogP contribution in [0.1, 0.15) is 24.2 Å². The van der Waals surface area contributed by atoms with Crippen molar-refractivity contribution in [3.8, 4) is 0 Å². The molecule has 0 bridgehead atoms. The first-order valence-electron chi connectivity index (χ1n) is 9.06. The van der Waals surface area contributed by atoms with E-state index in [1.165, 1.54) is 23.9 Å². The maximum Gasteiger partial charge on any atom is 0.123 e. The number of imidazole rings is 1. The summed E-state index contributed by atoms with van der Waals surface area (Å²) in [5, 5.41) is 0. The van der Waals surface area contributed by atoms with Crippen LogP contribution in [-0.2, 0) is 20.0 Å². The Bertz CT molecular complexity index is 853. The number of hydrogen-bond acceptors (Lipinski definition) is 2. The van der Waals surface area contributed by atoms with E-state index in [0.717, 1.165) is 43.3 Å². The van der Waals surface area contributed by atoms with Gasteiger partial charge in [0, 0.05) is 13.6 Å². The Morgan fingerprint density at radius 1 is 1.12 bits per heavy atom. The second-order valence-corrected chi connectivity index (χ2v) is 7.13. The number of nitrogens with zero attached hydrogens (tertiary/aromatic N) is 3. The minimum absolute atomic E-state index is 0.154. The summed E-state index contributed by atoms with van der Waals surface area (Å²) < 4.78 is 15.2. The zero-order chi connectivity index (χ0) is 17.2. The van der Waals surface area contributed by atoms with Crippen molar-refractivity contribution in [2.45, 2.75) is 25.8 Å². The van der Waals surface area contributed by atoms with Crippen molar-refractivity contribution in [2.24, 2.45) is 13.0 Å². The van der Waals surface area contributed by atoms with Gasteiger partial charge in [0.1, 0.15) is 11.6 Å². The van der Waals surface area contributed by atoms with Crippen LogP contribution in [0.15, 0.2) is 48.5 Å². The first-order chi connectivity index (χ1) is 12.2. The molecule has 25 heavy (non-hydrogen) atoms. The number of aromatic nitrogens is 2. The van der Waals surface area contributed by atoms with Gasteiger partial charge in [-0.3, -0.25) is 4.90 Å². The summed E-state index contributed by atoms with van der Waals surface area (Å²) >= 11 is 0. The number of likely N-dealkylation sites (tertiary alicyclic amines) is 1. The lowest BCUT2D eigenvalue weighted by Crippen LogP contribution is -2.22. The van der Waals surface area contributed by atoms with E-state index in [4.69, 9.17) is 4.98 Å². The van der Waals surface area contributed by atoms with E-state index in [-0.39, 0.29) is 5.82 Å². The molecule has 0 N–H and O–H groups in total. The molecule has 4 heteroatoms. The zero-order valence-electron chi connectivity index (χ0n) is 14.7. The molecule has 2 heterocycles. The fraction of sp³-hybridized carbons (Fsp3) is 0.381. The van der Waals surface area contributed by atoms with E-state index in [0.29, 0.717) is 0 Å². The van der Waals surface area contributed by atoms with Crippen LogP contribution in [0, 0.1) is 11.7 Å². The normalized spacial score (nSPS) is 18.2. The number of para-hydroxylation sites is 2. The number of aryl methyl sites for hydroxylation is 2. The van der Waals surface area contributed by atoms with Gasteiger partial charge in [0.2, 0.25) is 0 Å². The maximum absolute atomic E-state index is 13.0. The van der Waals surface area contributed by atoms with Crippen LogP contribution in [0.25, 0.3) is 11.0 Å². The Hall–Kier alpha value is -2.20. The number of benzene rings is 2. The van der Waals surface area contributed by atoms with E-state index >= 15 is 0 Å². The fourth-order valence-corrected chi connectivity index (χ4v) is 3.85. The van der Waals surface area contributed by atoms with E-state index in [1.54, 1.807) is 12.1 Å². The summed E-state index contributed by atoms with van der Waals surface area (Å²) in [5.74, 6) is 1.71. The van der Waals surface area contributed by atoms with E-state index in [2.05, 4.69) is 34.7 Å². The van der Waals surface area contributed by atoms with Crippen molar-refractivity contribution in [1.82, 2.24) is 14.5 Å². The molecule has 3 aromatic rings. The van der Waals surface area contributed by atoms with Gasteiger partial charge in [-0.25, -0.2) is 9.37 Å². The van der Waals surface area contributed by atoms with Crippen molar-refractivity contribution < 1.29 is 4.39 Å². The molecule has 0 amide bonds.